The summed E-state index contributed by atoms with van der Waals surface area (Å²) in [4.78, 5) is 1.07. The number of thioether (sulfide) groups is 1. The van der Waals surface area contributed by atoms with Gasteiger partial charge in [-0.25, -0.2) is 4.72 Å². The number of nitrogens with one attached hydrogen (secondary N) is 1. The molecule has 0 saturated carbocycles. The summed E-state index contributed by atoms with van der Waals surface area (Å²) in [6.07, 6.45) is -0.160. The van der Waals surface area contributed by atoms with Gasteiger partial charge in [-0.1, -0.05) is 11.6 Å². The maximum atomic E-state index is 12.3. The van der Waals surface area contributed by atoms with E-state index in [-0.39, 0.29) is 12.2 Å². The molecule has 22 heavy (non-hydrogen) atoms. The van der Waals surface area contributed by atoms with E-state index >= 15 is 0 Å². The van der Waals surface area contributed by atoms with Crippen molar-refractivity contribution in [3.05, 3.63) is 29.3 Å². The molecule has 1 N–H and O–H groups in total. The van der Waals surface area contributed by atoms with E-state index in [9.17, 15) is 8.42 Å². The molecule has 1 aromatic rings. The number of ether oxygens (including phenoxy) is 1. The average Bonchev–Trinajstić information content (AvgIpc) is 2.44. The number of morpholine rings is 1. The summed E-state index contributed by atoms with van der Waals surface area (Å²) in [7, 11) is -3.44. The minimum absolute atomic E-state index is 0.0798. The van der Waals surface area contributed by atoms with Crippen molar-refractivity contribution in [2.24, 2.45) is 0 Å². The first-order valence-corrected chi connectivity index (χ1v) is 9.96. The van der Waals surface area contributed by atoms with Crippen molar-refractivity contribution in [3.63, 3.8) is 0 Å². The summed E-state index contributed by atoms with van der Waals surface area (Å²) in [5.41, 5.74) is 0. The van der Waals surface area contributed by atoms with Gasteiger partial charge < -0.3 is 4.74 Å². The van der Waals surface area contributed by atoms with Gasteiger partial charge in [0.1, 0.15) is 0 Å². The number of rotatable bonds is 6. The lowest BCUT2D eigenvalue weighted by molar-refractivity contribution is -0.0443. The molecule has 1 fully saturated rings. The van der Waals surface area contributed by atoms with Crippen molar-refractivity contribution in [1.82, 2.24) is 9.03 Å². The first kappa shape index (κ1) is 18.0. The van der Waals surface area contributed by atoms with Crippen LogP contribution in [0.1, 0.15) is 13.8 Å². The quantitative estimate of drug-likeness (QED) is 0.622. The van der Waals surface area contributed by atoms with Gasteiger partial charge in [0, 0.05) is 35.3 Å². The van der Waals surface area contributed by atoms with E-state index in [1.54, 1.807) is 11.8 Å². The molecule has 1 aliphatic rings. The molecule has 1 aromatic carbocycles. The van der Waals surface area contributed by atoms with E-state index in [4.69, 9.17) is 16.3 Å². The van der Waals surface area contributed by atoms with Gasteiger partial charge in [-0.15, -0.1) is 11.8 Å². The lowest BCUT2D eigenvalue weighted by Crippen LogP contribution is -2.52. The Labute approximate surface area is 141 Å². The number of halogens is 1. The first-order chi connectivity index (χ1) is 10.4. The highest BCUT2D eigenvalue weighted by Gasteiger charge is 2.30. The van der Waals surface area contributed by atoms with Gasteiger partial charge in [0.25, 0.3) is 10.2 Å². The monoisotopic (exact) mass is 364 g/mol. The molecule has 0 bridgehead atoms. The summed E-state index contributed by atoms with van der Waals surface area (Å²) in [6, 6.07) is 7.49. The normalized spacial score (nSPS) is 23.6. The molecule has 1 heterocycles. The molecule has 2 atom stereocenters. The molecule has 1 saturated heterocycles. The van der Waals surface area contributed by atoms with Crippen molar-refractivity contribution < 1.29 is 13.2 Å². The zero-order valence-corrected chi connectivity index (χ0v) is 15.0. The molecule has 2 unspecified atom stereocenters. The number of hydrogen-bond acceptors (Lipinski definition) is 4. The maximum Gasteiger partial charge on any atom is 0.279 e. The van der Waals surface area contributed by atoms with Gasteiger partial charge in [-0.3, -0.25) is 0 Å². The van der Waals surface area contributed by atoms with Crippen LogP contribution in [0.4, 0.5) is 0 Å². The predicted molar refractivity (Wildman–Crippen MR) is 90.7 cm³/mol. The van der Waals surface area contributed by atoms with Crippen LogP contribution in [0.5, 0.6) is 0 Å². The molecule has 0 aliphatic carbocycles. The Morgan fingerprint density at radius 1 is 1.27 bits per heavy atom. The van der Waals surface area contributed by atoms with Crippen molar-refractivity contribution in [3.8, 4) is 0 Å². The minimum Gasteiger partial charge on any atom is -0.373 e. The zero-order chi connectivity index (χ0) is 16.2. The summed E-state index contributed by atoms with van der Waals surface area (Å²) < 4.78 is 34.2. The number of benzene rings is 1. The van der Waals surface area contributed by atoms with Gasteiger partial charge in [-0.2, -0.15) is 12.7 Å². The van der Waals surface area contributed by atoms with Crippen LogP contribution in [0.2, 0.25) is 5.02 Å². The smallest absolute Gasteiger partial charge is 0.279 e. The Bertz CT molecular complexity index is 570. The average molecular weight is 365 g/mol. The molecule has 8 heteroatoms. The van der Waals surface area contributed by atoms with E-state index in [0.717, 1.165) is 4.90 Å². The Hall–Kier alpha value is -0.310. The molecular formula is C14H21ClN2O3S2. The van der Waals surface area contributed by atoms with Crippen LogP contribution in [0, 0.1) is 0 Å². The van der Waals surface area contributed by atoms with Crippen molar-refractivity contribution >= 4 is 33.6 Å². The summed E-state index contributed by atoms with van der Waals surface area (Å²) >= 11 is 7.41. The van der Waals surface area contributed by atoms with Gasteiger partial charge in [0.2, 0.25) is 0 Å². The fraction of sp³-hybridized carbons (Fsp3) is 0.571. The number of hydrogen-bond donors (Lipinski definition) is 1. The van der Waals surface area contributed by atoms with Crippen LogP contribution >= 0.6 is 23.4 Å². The van der Waals surface area contributed by atoms with Crippen LogP contribution in [-0.2, 0) is 14.9 Å². The highest BCUT2D eigenvalue weighted by Crippen LogP contribution is 2.20. The Morgan fingerprint density at radius 2 is 1.86 bits per heavy atom. The first-order valence-electron chi connectivity index (χ1n) is 7.15. The van der Waals surface area contributed by atoms with E-state index in [1.807, 2.05) is 38.1 Å². The van der Waals surface area contributed by atoms with E-state index in [0.29, 0.717) is 30.4 Å². The second-order valence-corrected chi connectivity index (χ2v) is 8.64. The third-order valence-electron chi connectivity index (χ3n) is 3.19. The van der Waals surface area contributed by atoms with Crippen LogP contribution in [0.25, 0.3) is 0 Å². The molecule has 0 spiro atoms. The standard InChI is InChI=1S/C14H21ClN2O3S2/c1-11-9-17(10-12(2)20-11)22(18,19)16-7-8-21-14-5-3-13(15)4-6-14/h3-6,11-12,16H,7-10H2,1-2H3. The van der Waals surface area contributed by atoms with Crippen LogP contribution in [0.15, 0.2) is 29.2 Å². The van der Waals surface area contributed by atoms with Gasteiger partial charge in [0.15, 0.2) is 0 Å². The molecule has 1 aliphatic heterocycles. The third kappa shape index (κ3) is 5.40. The summed E-state index contributed by atoms with van der Waals surface area (Å²) in [5, 5.41) is 0.695. The topological polar surface area (TPSA) is 58.6 Å². The van der Waals surface area contributed by atoms with Crippen molar-refractivity contribution in [1.29, 1.82) is 0 Å². The number of nitrogens with zero attached hydrogens (tertiary/aromatic N) is 1. The van der Waals surface area contributed by atoms with Crippen LogP contribution in [0.3, 0.4) is 0 Å². The summed E-state index contributed by atoms with van der Waals surface area (Å²) in [6.45, 7) is 4.94. The lowest BCUT2D eigenvalue weighted by Gasteiger charge is -2.34. The van der Waals surface area contributed by atoms with E-state index in [2.05, 4.69) is 4.72 Å². The summed E-state index contributed by atoms with van der Waals surface area (Å²) in [5.74, 6) is 0.663. The fourth-order valence-corrected chi connectivity index (χ4v) is 4.67. The fourth-order valence-electron chi connectivity index (χ4n) is 2.29. The molecule has 124 valence electrons. The van der Waals surface area contributed by atoms with Crippen molar-refractivity contribution in [2.45, 2.75) is 31.0 Å². The molecule has 0 radical (unpaired) electrons. The second-order valence-electron chi connectivity index (χ2n) is 5.28. The zero-order valence-electron chi connectivity index (χ0n) is 12.7. The van der Waals surface area contributed by atoms with Crippen molar-refractivity contribution in [2.75, 3.05) is 25.4 Å². The van der Waals surface area contributed by atoms with E-state index in [1.165, 1.54) is 4.31 Å². The minimum atomic E-state index is -3.44. The molecule has 5 nitrogen and oxygen atoms in total. The Morgan fingerprint density at radius 3 is 2.45 bits per heavy atom. The van der Waals surface area contributed by atoms with Gasteiger partial charge >= 0.3 is 0 Å². The Balaban J connectivity index is 1.78. The van der Waals surface area contributed by atoms with Crippen LogP contribution < -0.4 is 4.72 Å². The largest absolute Gasteiger partial charge is 0.373 e. The lowest BCUT2D eigenvalue weighted by atomic mass is 10.3. The SMILES string of the molecule is CC1CN(S(=O)(=O)NCCSc2ccc(Cl)cc2)CC(C)O1. The van der Waals surface area contributed by atoms with E-state index < -0.39 is 10.2 Å². The highest BCUT2D eigenvalue weighted by atomic mass is 35.5. The molecule has 0 aromatic heterocycles. The maximum absolute atomic E-state index is 12.3. The van der Waals surface area contributed by atoms with Gasteiger partial charge in [-0.05, 0) is 38.1 Å². The third-order valence-corrected chi connectivity index (χ3v) is 6.01. The molecule has 2 rings (SSSR count). The predicted octanol–water partition coefficient (Wildman–Crippen LogP) is 2.38. The molecular weight excluding hydrogens is 344 g/mol. The van der Waals surface area contributed by atoms with Gasteiger partial charge in [0.05, 0.1) is 12.2 Å². The van der Waals surface area contributed by atoms with Crippen LogP contribution in [-0.4, -0.2) is 50.3 Å². The molecule has 0 amide bonds. The second kappa shape index (κ2) is 7.99. The highest BCUT2D eigenvalue weighted by molar-refractivity contribution is 7.99. The Kier molecular flexibility index (Phi) is 6.55.